The third-order valence-corrected chi connectivity index (χ3v) is 6.43. The van der Waals surface area contributed by atoms with Crippen molar-refractivity contribution in [1.82, 2.24) is 25.2 Å². The lowest BCUT2D eigenvalue weighted by atomic mass is 10.1. The maximum Gasteiger partial charge on any atom is 0.405 e. The quantitative estimate of drug-likeness (QED) is 0.186. The number of methoxy groups -OCH3 is 1. The van der Waals surface area contributed by atoms with Gasteiger partial charge in [-0.2, -0.15) is 18.2 Å². The fourth-order valence-electron chi connectivity index (χ4n) is 4.20. The smallest absolute Gasteiger partial charge is 0.405 e. The normalized spacial score (nSPS) is 11.3. The van der Waals surface area contributed by atoms with Crippen LogP contribution in [0.5, 0.6) is 5.75 Å². The van der Waals surface area contributed by atoms with E-state index in [1.807, 2.05) is 11.4 Å². The molecule has 226 valence electrons. The molecule has 0 aliphatic carbocycles. The van der Waals surface area contributed by atoms with Crippen LogP contribution in [0.25, 0.3) is 16.8 Å². The predicted molar refractivity (Wildman–Crippen MR) is 151 cm³/mol. The molecule has 5 rings (SSSR count). The van der Waals surface area contributed by atoms with Gasteiger partial charge in [-0.05, 0) is 54.1 Å². The number of nitrogens with zero attached hydrogens (tertiary/aromatic N) is 3. The number of halogens is 5. The zero-order chi connectivity index (χ0) is 31.4. The number of pyridine rings is 1. The number of ether oxygens (including phenoxy) is 1. The molecule has 0 atom stereocenters. The highest BCUT2D eigenvalue weighted by molar-refractivity contribution is 5.95. The van der Waals surface area contributed by atoms with Crippen LogP contribution in [0.2, 0.25) is 0 Å². The minimum absolute atomic E-state index is 0.0190. The fraction of sp³-hybridized carbons (Fsp3) is 0.133. The number of rotatable bonds is 9. The van der Waals surface area contributed by atoms with Gasteiger partial charge < -0.3 is 20.7 Å². The van der Waals surface area contributed by atoms with Crippen LogP contribution in [0.3, 0.4) is 0 Å². The van der Waals surface area contributed by atoms with E-state index in [0.717, 1.165) is 23.3 Å². The number of carbonyl (C=O) groups excluding carboxylic acids is 2. The highest BCUT2D eigenvalue weighted by Crippen LogP contribution is 2.29. The molecule has 0 aliphatic rings. The molecule has 0 saturated carbocycles. The molecule has 3 aromatic carbocycles. The van der Waals surface area contributed by atoms with Crippen LogP contribution >= 0.6 is 0 Å². The van der Waals surface area contributed by atoms with Gasteiger partial charge in [0.1, 0.15) is 23.9 Å². The molecule has 0 saturated heterocycles. The van der Waals surface area contributed by atoms with Gasteiger partial charge in [-0.25, -0.2) is 13.3 Å². The van der Waals surface area contributed by atoms with Gasteiger partial charge in [0, 0.05) is 41.1 Å². The maximum atomic E-state index is 13.8. The van der Waals surface area contributed by atoms with E-state index in [1.165, 1.54) is 35.9 Å². The van der Waals surface area contributed by atoms with Crippen LogP contribution in [-0.4, -0.2) is 46.2 Å². The summed E-state index contributed by atoms with van der Waals surface area (Å²) < 4.78 is 71.1. The number of hydrogen-bond donors (Lipinski definition) is 3. The molecule has 2 aromatic heterocycles. The zero-order valence-electron chi connectivity index (χ0n) is 22.9. The Bertz CT molecular complexity index is 1840. The largest absolute Gasteiger partial charge is 0.495 e. The Kier molecular flexibility index (Phi) is 8.42. The number of hydrogen-bond acceptors (Lipinski definition) is 6. The molecule has 0 radical (unpaired) electrons. The zero-order valence-corrected chi connectivity index (χ0v) is 22.9. The Hall–Kier alpha value is -5.53. The number of anilines is 2. The standard InChI is InChI=1S/C30H23F5N6O3/c1-44-25-12-19(28(43)37-16-30(33,34)35)7-10-24(25)38-29-39-26-11-8-21(15-41(26)40-29)17-2-4-18(5-3-17)27(42)36-14-20-6-9-22(31)13-23(20)32/h2-13,15H,14,16H2,1H3,(H,36,42)(H,37,43)(H,38,40). The number of amides is 2. The molecule has 5 aromatic rings. The van der Waals surface area contributed by atoms with Crippen molar-refractivity contribution >= 4 is 29.1 Å². The first-order valence-corrected chi connectivity index (χ1v) is 13.0. The SMILES string of the molecule is COc1cc(C(=O)NCC(F)(F)F)ccc1Nc1nc2ccc(-c3ccc(C(=O)NCc4ccc(F)cc4F)cc3)cn2n1. The van der Waals surface area contributed by atoms with Crippen molar-refractivity contribution in [3.05, 3.63) is 107 Å². The molecule has 2 amide bonds. The third-order valence-electron chi connectivity index (χ3n) is 6.43. The molecule has 0 fully saturated rings. The summed E-state index contributed by atoms with van der Waals surface area (Å²) >= 11 is 0. The minimum Gasteiger partial charge on any atom is -0.495 e. The molecule has 0 bridgehead atoms. The predicted octanol–water partition coefficient (Wildman–Crippen LogP) is 5.65. The lowest BCUT2D eigenvalue weighted by Crippen LogP contribution is -2.33. The molecule has 9 nitrogen and oxygen atoms in total. The maximum absolute atomic E-state index is 13.8. The lowest BCUT2D eigenvalue weighted by Gasteiger charge is -2.12. The summed E-state index contributed by atoms with van der Waals surface area (Å²) in [5, 5.41) is 11.8. The van der Waals surface area contributed by atoms with Crippen LogP contribution in [0.1, 0.15) is 26.3 Å². The van der Waals surface area contributed by atoms with Gasteiger partial charge in [0.05, 0.1) is 12.8 Å². The average Bonchev–Trinajstić information content (AvgIpc) is 3.41. The number of aromatic nitrogens is 3. The second-order valence-electron chi connectivity index (χ2n) is 9.49. The van der Waals surface area contributed by atoms with Crippen molar-refractivity contribution in [1.29, 1.82) is 0 Å². The number of fused-ring (bicyclic) bond motifs is 1. The second kappa shape index (κ2) is 12.4. The highest BCUT2D eigenvalue weighted by Gasteiger charge is 2.28. The van der Waals surface area contributed by atoms with E-state index in [9.17, 15) is 31.5 Å². The van der Waals surface area contributed by atoms with Crippen LogP contribution in [-0.2, 0) is 6.54 Å². The lowest BCUT2D eigenvalue weighted by molar-refractivity contribution is -0.123. The summed E-state index contributed by atoms with van der Waals surface area (Å²) in [5.74, 6) is -2.38. The molecule has 0 aliphatic heterocycles. The van der Waals surface area contributed by atoms with Gasteiger partial charge in [-0.15, -0.1) is 5.10 Å². The van der Waals surface area contributed by atoms with E-state index < -0.39 is 36.2 Å². The van der Waals surface area contributed by atoms with Crippen LogP contribution < -0.4 is 20.7 Å². The van der Waals surface area contributed by atoms with Crippen molar-refractivity contribution in [3.63, 3.8) is 0 Å². The second-order valence-corrected chi connectivity index (χ2v) is 9.49. The number of nitrogens with one attached hydrogen (secondary N) is 3. The van der Waals surface area contributed by atoms with E-state index in [2.05, 4.69) is 20.7 Å². The topological polar surface area (TPSA) is 110 Å². The number of alkyl halides is 3. The highest BCUT2D eigenvalue weighted by atomic mass is 19.4. The van der Waals surface area contributed by atoms with Gasteiger partial charge >= 0.3 is 6.18 Å². The third kappa shape index (κ3) is 7.09. The first kappa shape index (κ1) is 29.9. The van der Waals surface area contributed by atoms with E-state index in [0.29, 0.717) is 16.9 Å². The Morgan fingerprint density at radius 2 is 1.57 bits per heavy atom. The van der Waals surface area contributed by atoms with Crippen molar-refractivity contribution in [2.24, 2.45) is 0 Å². The Morgan fingerprint density at radius 1 is 0.864 bits per heavy atom. The van der Waals surface area contributed by atoms with Crippen molar-refractivity contribution in [2.75, 3.05) is 19.0 Å². The van der Waals surface area contributed by atoms with Crippen molar-refractivity contribution < 1.29 is 36.3 Å². The van der Waals surface area contributed by atoms with Crippen molar-refractivity contribution in [3.8, 4) is 16.9 Å². The van der Waals surface area contributed by atoms with E-state index in [4.69, 9.17) is 4.74 Å². The van der Waals surface area contributed by atoms with Crippen LogP contribution in [0.15, 0.2) is 79.0 Å². The summed E-state index contributed by atoms with van der Waals surface area (Å²) in [5.41, 5.74) is 2.92. The van der Waals surface area contributed by atoms with E-state index in [1.54, 1.807) is 36.5 Å². The van der Waals surface area contributed by atoms with Crippen LogP contribution in [0, 0.1) is 11.6 Å². The molecule has 44 heavy (non-hydrogen) atoms. The fourth-order valence-corrected chi connectivity index (χ4v) is 4.20. The van der Waals surface area contributed by atoms with Crippen LogP contribution in [0.4, 0.5) is 33.6 Å². The molecule has 0 spiro atoms. The first-order chi connectivity index (χ1) is 21.0. The minimum atomic E-state index is -4.54. The summed E-state index contributed by atoms with van der Waals surface area (Å²) in [7, 11) is 1.35. The summed E-state index contributed by atoms with van der Waals surface area (Å²) in [6.45, 7) is -1.55. The molecule has 0 unspecified atom stereocenters. The van der Waals surface area contributed by atoms with Gasteiger partial charge in [0.2, 0.25) is 5.95 Å². The van der Waals surface area contributed by atoms with Gasteiger partial charge in [-0.3, -0.25) is 9.59 Å². The van der Waals surface area contributed by atoms with Gasteiger partial charge in [-0.1, -0.05) is 18.2 Å². The Labute approximate surface area is 246 Å². The summed E-state index contributed by atoms with van der Waals surface area (Å²) in [6.07, 6.45) is -2.81. The number of carbonyl (C=O) groups is 2. The first-order valence-electron chi connectivity index (χ1n) is 13.0. The summed E-state index contributed by atoms with van der Waals surface area (Å²) in [4.78, 5) is 29.0. The average molecular weight is 611 g/mol. The molecule has 14 heteroatoms. The molecule has 2 heterocycles. The number of benzene rings is 3. The van der Waals surface area contributed by atoms with Gasteiger partial charge in [0.25, 0.3) is 11.8 Å². The Morgan fingerprint density at radius 3 is 2.27 bits per heavy atom. The summed E-state index contributed by atoms with van der Waals surface area (Å²) in [6, 6.07) is 17.5. The van der Waals surface area contributed by atoms with E-state index >= 15 is 0 Å². The van der Waals surface area contributed by atoms with Crippen molar-refractivity contribution in [2.45, 2.75) is 12.7 Å². The monoisotopic (exact) mass is 610 g/mol. The molecular formula is C30H23F5N6O3. The molecule has 3 N–H and O–H groups in total. The Balaban J connectivity index is 1.26. The molecular weight excluding hydrogens is 587 g/mol. The van der Waals surface area contributed by atoms with E-state index in [-0.39, 0.29) is 29.4 Å². The van der Waals surface area contributed by atoms with Gasteiger partial charge in [0.15, 0.2) is 5.65 Å².